The quantitative estimate of drug-likeness (QED) is 0.165. The van der Waals surface area contributed by atoms with E-state index in [0.29, 0.717) is 5.69 Å². The summed E-state index contributed by atoms with van der Waals surface area (Å²) in [6.45, 7) is 7.82. The minimum absolute atomic E-state index is 0.665. The highest BCUT2D eigenvalue weighted by Crippen LogP contribution is 2.46. The summed E-state index contributed by atoms with van der Waals surface area (Å²) in [5.41, 5.74) is 13.4. The zero-order valence-corrected chi connectivity index (χ0v) is 28.3. The van der Waals surface area contributed by atoms with E-state index >= 15 is 0 Å². The number of para-hydroxylation sites is 1. The largest absolute Gasteiger partial charge is 0.264 e. The molecule has 9 aromatic rings. The molecule has 0 aliphatic rings. The van der Waals surface area contributed by atoms with Gasteiger partial charge in [0.15, 0.2) is 5.69 Å². The summed E-state index contributed by atoms with van der Waals surface area (Å²) >= 11 is 1.80. The lowest BCUT2D eigenvalue weighted by molar-refractivity contribution is 1.32. The summed E-state index contributed by atoms with van der Waals surface area (Å²) in [5, 5.41) is 2.41. The van der Waals surface area contributed by atoms with Crippen LogP contribution in [0, 0.1) is 6.57 Å². The van der Waals surface area contributed by atoms with Gasteiger partial charge in [-0.15, -0.1) is 11.3 Å². The molecule has 0 spiro atoms. The maximum atomic E-state index is 7.82. The average molecular weight is 668 g/mol. The van der Waals surface area contributed by atoms with Gasteiger partial charge in [-0.2, -0.15) is 0 Å². The molecule has 0 N–H and O–H groups in total. The third-order valence-corrected chi connectivity index (χ3v) is 10.7. The van der Waals surface area contributed by atoms with Crippen LogP contribution in [0.1, 0.15) is 0 Å². The summed E-state index contributed by atoms with van der Waals surface area (Å²) in [6.07, 6.45) is 3.75. The molecule has 0 atom stereocenters. The summed E-state index contributed by atoms with van der Waals surface area (Å²) in [5.74, 6) is 0. The number of thiophene rings is 1. The zero-order chi connectivity index (χ0) is 34.1. The molecule has 9 rings (SSSR count). The smallest absolute Gasteiger partial charge is 0.194 e. The Morgan fingerprint density at radius 3 is 1.61 bits per heavy atom. The molecule has 0 aliphatic heterocycles. The van der Waals surface area contributed by atoms with Gasteiger partial charge >= 0.3 is 0 Å². The predicted molar refractivity (Wildman–Crippen MR) is 214 cm³/mol. The molecule has 238 valence electrons. The first-order valence-corrected chi connectivity index (χ1v) is 17.7. The molecule has 51 heavy (non-hydrogen) atoms. The lowest BCUT2D eigenvalue weighted by Gasteiger charge is -2.14. The first-order valence-electron chi connectivity index (χ1n) is 16.8. The molecule has 4 heteroatoms. The standard InChI is InChI=1S/C47H29N3S/c1-48-43-23-9-8-18-39(43)40-20-11-22-42-41-21-10-19-38(46(41)51-47(40)42)37-26-34(33-17-12-24-49-30-33)25-35(27-37)36-28-44(31-13-4-2-5-14-31)50-45(29-36)32-15-6-3-7-16-32/h2-30H. The number of pyridine rings is 2. The molecule has 3 heterocycles. The highest BCUT2D eigenvalue weighted by molar-refractivity contribution is 7.26. The Balaban J connectivity index is 1.28. The van der Waals surface area contributed by atoms with E-state index in [-0.39, 0.29) is 0 Å². The van der Waals surface area contributed by atoms with Crippen molar-refractivity contribution in [3.8, 4) is 67.0 Å². The molecule has 0 amide bonds. The Bertz CT molecular complexity index is 2690. The summed E-state index contributed by atoms with van der Waals surface area (Å²) < 4.78 is 2.41. The SMILES string of the molecule is [C-]#[N+]c1ccccc1-c1cccc2c1sc1c(-c3cc(-c4cccnc4)cc(-c4cc(-c5ccccc5)nc(-c5ccccc5)c4)c3)cccc12. The minimum atomic E-state index is 0.665. The number of aromatic nitrogens is 2. The fourth-order valence-corrected chi connectivity index (χ4v) is 8.28. The number of hydrogen-bond acceptors (Lipinski definition) is 3. The van der Waals surface area contributed by atoms with Crippen LogP contribution in [0.15, 0.2) is 176 Å². The van der Waals surface area contributed by atoms with Gasteiger partial charge in [-0.05, 0) is 75.3 Å². The molecule has 0 aliphatic carbocycles. The van der Waals surface area contributed by atoms with Gasteiger partial charge < -0.3 is 0 Å². The maximum Gasteiger partial charge on any atom is 0.194 e. The number of hydrogen-bond donors (Lipinski definition) is 0. The van der Waals surface area contributed by atoms with Crippen LogP contribution in [-0.2, 0) is 0 Å². The number of rotatable bonds is 6. The van der Waals surface area contributed by atoms with Gasteiger partial charge in [0, 0.05) is 49.3 Å². The van der Waals surface area contributed by atoms with Crippen molar-refractivity contribution < 1.29 is 0 Å². The second-order valence-electron chi connectivity index (χ2n) is 12.5. The van der Waals surface area contributed by atoms with Gasteiger partial charge in [-0.25, -0.2) is 9.83 Å². The van der Waals surface area contributed by atoms with E-state index < -0.39 is 0 Å². The summed E-state index contributed by atoms with van der Waals surface area (Å²) in [6, 6.07) is 57.1. The van der Waals surface area contributed by atoms with Gasteiger partial charge in [0.25, 0.3) is 0 Å². The number of nitrogens with zero attached hydrogens (tertiary/aromatic N) is 3. The zero-order valence-electron chi connectivity index (χ0n) is 27.5. The lowest BCUT2D eigenvalue weighted by Crippen LogP contribution is -1.92. The van der Waals surface area contributed by atoms with E-state index in [1.165, 1.54) is 25.7 Å². The highest BCUT2D eigenvalue weighted by atomic mass is 32.1. The molecular weight excluding hydrogens is 639 g/mol. The van der Waals surface area contributed by atoms with Gasteiger partial charge in [0.05, 0.1) is 18.0 Å². The van der Waals surface area contributed by atoms with Crippen LogP contribution in [0.3, 0.4) is 0 Å². The fraction of sp³-hybridized carbons (Fsp3) is 0. The molecule has 0 radical (unpaired) electrons. The van der Waals surface area contributed by atoms with Crippen molar-refractivity contribution in [2.45, 2.75) is 0 Å². The predicted octanol–water partition coefficient (Wildman–Crippen LogP) is 13.4. The molecule has 0 unspecified atom stereocenters. The van der Waals surface area contributed by atoms with Crippen LogP contribution in [0.2, 0.25) is 0 Å². The number of benzene rings is 6. The van der Waals surface area contributed by atoms with Crippen LogP contribution >= 0.6 is 11.3 Å². The fourth-order valence-electron chi connectivity index (χ4n) is 6.92. The van der Waals surface area contributed by atoms with Crippen LogP contribution < -0.4 is 0 Å². The van der Waals surface area contributed by atoms with Crippen LogP contribution in [0.4, 0.5) is 5.69 Å². The first kappa shape index (κ1) is 30.4. The van der Waals surface area contributed by atoms with E-state index in [1.807, 2.05) is 48.8 Å². The lowest BCUT2D eigenvalue weighted by atomic mass is 9.92. The highest BCUT2D eigenvalue weighted by Gasteiger charge is 2.17. The molecule has 3 nitrogen and oxygen atoms in total. The normalized spacial score (nSPS) is 11.1. The Morgan fingerprint density at radius 2 is 0.961 bits per heavy atom. The molecule has 3 aromatic heterocycles. The maximum absolute atomic E-state index is 7.82. The van der Waals surface area contributed by atoms with E-state index in [0.717, 1.165) is 61.5 Å². The van der Waals surface area contributed by atoms with E-state index in [1.54, 1.807) is 11.3 Å². The molecule has 6 aromatic carbocycles. The Hall–Kier alpha value is -6.67. The van der Waals surface area contributed by atoms with Crippen molar-refractivity contribution >= 4 is 37.2 Å². The topological polar surface area (TPSA) is 30.1 Å². The van der Waals surface area contributed by atoms with Crippen LogP contribution in [0.5, 0.6) is 0 Å². The first-order chi connectivity index (χ1) is 25.2. The van der Waals surface area contributed by atoms with Gasteiger partial charge in [0.2, 0.25) is 0 Å². The van der Waals surface area contributed by atoms with Crippen molar-refractivity contribution in [1.82, 2.24) is 9.97 Å². The third kappa shape index (κ3) is 5.66. The average Bonchev–Trinajstić information content (AvgIpc) is 3.61. The Morgan fingerprint density at radius 1 is 0.431 bits per heavy atom. The summed E-state index contributed by atoms with van der Waals surface area (Å²) in [7, 11) is 0. The summed E-state index contributed by atoms with van der Waals surface area (Å²) in [4.78, 5) is 13.5. The van der Waals surface area contributed by atoms with E-state index in [2.05, 4.69) is 137 Å². The van der Waals surface area contributed by atoms with Crippen molar-refractivity contribution in [3.63, 3.8) is 0 Å². The van der Waals surface area contributed by atoms with E-state index in [9.17, 15) is 0 Å². The molecule has 0 bridgehead atoms. The van der Waals surface area contributed by atoms with Gasteiger partial charge in [0.1, 0.15) is 0 Å². The van der Waals surface area contributed by atoms with Crippen molar-refractivity contribution in [1.29, 1.82) is 0 Å². The van der Waals surface area contributed by atoms with Crippen LogP contribution in [0.25, 0.3) is 92.0 Å². The molecule has 0 fully saturated rings. The Kier molecular flexibility index (Phi) is 7.74. The molecular formula is C47H29N3S. The number of fused-ring (bicyclic) bond motifs is 3. The van der Waals surface area contributed by atoms with E-state index in [4.69, 9.17) is 11.6 Å². The second kappa shape index (κ2) is 13.0. The third-order valence-electron chi connectivity index (χ3n) is 9.38. The van der Waals surface area contributed by atoms with Crippen molar-refractivity contribution in [3.05, 3.63) is 188 Å². The van der Waals surface area contributed by atoms with Crippen molar-refractivity contribution in [2.75, 3.05) is 0 Å². The molecule has 0 saturated carbocycles. The van der Waals surface area contributed by atoms with Crippen LogP contribution in [-0.4, -0.2) is 9.97 Å². The monoisotopic (exact) mass is 667 g/mol. The molecule has 0 saturated heterocycles. The van der Waals surface area contributed by atoms with Crippen molar-refractivity contribution in [2.24, 2.45) is 0 Å². The second-order valence-corrected chi connectivity index (χ2v) is 13.5. The Labute approximate surface area is 300 Å². The minimum Gasteiger partial charge on any atom is -0.264 e. The van der Waals surface area contributed by atoms with Gasteiger partial charge in [-0.1, -0.05) is 127 Å². The van der Waals surface area contributed by atoms with Gasteiger partial charge in [-0.3, -0.25) is 4.98 Å².